The average molecular weight is 263 g/mol. The minimum Gasteiger partial charge on any atom is -0.374 e. The van der Waals surface area contributed by atoms with Gasteiger partial charge in [-0.2, -0.15) is 0 Å². The lowest BCUT2D eigenvalue weighted by atomic mass is 10.2. The Hall–Kier alpha value is -0.260. The Bertz CT molecular complexity index is 335. The van der Waals surface area contributed by atoms with Crippen molar-refractivity contribution in [3.8, 4) is 0 Å². The summed E-state index contributed by atoms with van der Waals surface area (Å²) in [5.41, 5.74) is 0. The third kappa shape index (κ3) is 2.59. The number of aromatic nitrogens is 2. The highest BCUT2D eigenvalue weighted by molar-refractivity contribution is 9.10. The largest absolute Gasteiger partial charge is 0.374 e. The molecule has 0 spiro atoms. The van der Waals surface area contributed by atoms with E-state index in [2.05, 4.69) is 25.9 Å². The molecule has 0 aliphatic rings. The van der Waals surface area contributed by atoms with E-state index >= 15 is 0 Å². The van der Waals surface area contributed by atoms with Crippen molar-refractivity contribution >= 4 is 28.1 Å². The maximum absolute atomic E-state index is 5.23. The van der Waals surface area contributed by atoms with Gasteiger partial charge >= 0.3 is 0 Å². The average Bonchev–Trinajstić information content (AvgIpc) is 2.13. The molecule has 0 radical (unpaired) electrons. The van der Waals surface area contributed by atoms with Crippen molar-refractivity contribution in [2.24, 2.45) is 0 Å². The van der Waals surface area contributed by atoms with Gasteiger partial charge in [-0.25, -0.2) is 4.98 Å². The molecule has 0 aliphatic heterocycles. The Morgan fingerprint density at radius 1 is 1.77 bits per heavy atom. The molecule has 72 valence electrons. The van der Waals surface area contributed by atoms with E-state index in [1.165, 1.54) is 0 Å². The highest BCUT2D eigenvalue weighted by Gasteiger charge is 2.09. The van der Waals surface area contributed by atoms with Crippen molar-refractivity contribution in [3.63, 3.8) is 0 Å². The van der Waals surface area contributed by atoms with Gasteiger partial charge in [-0.15, -0.1) is 0 Å². The minimum atomic E-state index is -0.00481. The van der Waals surface area contributed by atoms with Crippen molar-refractivity contribution in [1.29, 1.82) is 0 Å². The maximum atomic E-state index is 5.23. The first-order valence-corrected chi connectivity index (χ1v) is 5.16. The number of nitrogens with zero attached hydrogens (tertiary/aromatic N) is 1. The van der Waals surface area contributed by atoms with Crippen molar-refractivity contribution < 1.29 is 4.74 Å². The van der Waals surface area contributed by atoms with Crippen LogP contribution < -0.4 is 0 Å². The number of rotatable bonds is 3. The lowest BCUT2D eigenvalue weighted by Gasteiger charge is -2.11. The van der Waals surface area contributed by atoms with E-state index in [0.717, 1.165) is 16.7 Å². The zero-order valence-corrected chi connectivity index (χ0v) is 9.91. The van der Waals surface area contributed by atoms with Crippen LogP contribution in [0, 0.1) is 4.64 Å². The summed E-state index contributed by atoms with van der Waals surface area (Å²) >= 11 is 8.34. The van der Waals surface area contributed by atoms with Crippen molar-refractivity contribution in [1.82, 2.24) is 9.97 Å². The summed E-state index contributed by atoms with van der Waals surface area (Å²) < 4.78 is 6.68. The number of H-pyrrole nitrogens is 1. The first kappa shape index (κ1) is 10.8. The fourth-order valence-corrected chi connectivity index (χ4v) is 1.39. The molecular weight excluding hydrogens is 252 g/mol. The number of halogens is 1. The summed E-state index contributed by atoms with van der Waals surface area (Å²) in [5, 5.41) is 0. The first-order chi connectivity index (χ1) is 6.19. The van der Waals surface area contributed by atoms with E-state index in [0.29, 0.717) is 4.64 Å². The number of hydrogen-bond donors (Lipinski definition) is 1. The standard InChI is InChI=1S/C8H11BrN2OS/c1-3-6(12-2)7-10-4-5(9)8(13)11-7/h4,6H,3H2,1-2H3,(H,10,11,13). The maximum Gasteiger partial charge on any atom is 0.136 e. The van der Waals surface area contributed by atoms with Crippen LogP contribution in [-0.4, -0.2) is 17.1 Å². The summed E-state index contributed by atoms with van der Waals surface area (Å²) in [5.74, 6) is 0.776. The molecule has 13 heavy (non-hydrogen) atoms. The smallest absolute Gasteiger partial charge is 0.136 e. The third-order valence-electron chi connectivity index (χ3n) is 1.74. The zero-order valence-electron chi connectivity index (χ0n) is 7.50. The normalized spacial score (nSPS) is 12.8. The Kier molecular flexibility index (Phi) is 4.02. The van der Waals surface area contributed by atoms with Gasteiger partial charge in [0.05, 0.1) is 4.47 Å². The molecule has 1 aromatic rings. The number of methoxy groups -OCH3 is 1. The highest BCUT2D eigenvalue weighted by atomic mass is 79.9. The Morgan fingerprint density at radius 3 is 2.92 bits per heavy atom. The summed E-state index contributed by atoms with van der Waals surface area (Å²) in [6.07, 6.45) is 2.56. The molecule has 1 aromatic heterocycles. The lowest BCUT2D eigenvalue weighted by molar-refractivity contribution is 0.0924. The molecule has 0 aromatic carbocycles. The van der Waals surface area contributed by atoms with Gasteiger partial charge < -0.3 is 9.72 Å². The number of ether oxygens (including phenoxy) is 1. The third-order valence-corrected chi connectivity index (χ3v) is 2.92. The molecule has 3 nitrogen and oxygen atoms in total. The topological polar surface area (TPSA) is 37.9 Å². The predicted octanol–water partition coefficient (Wildman–Crippen LogP) is 3.00. The van der Waals surface area contributed by atoms with Crippen molar-refractivity contribution in [2.45, 2.75) is 19.4 Å². The van der Waals surface area contributed by atoms with Gasteiger partial charge in [0.15, 0.2) is 0 Å². The van der Waals surface area contributed by atoms with E-state index in [4.69, 9.17) is 17.0 Å². The number of hydrogen-bond acceptors (Lipinski definition) is 3. The van der Waals surface area contributed by atoms with E-state index in [9.17, 15) is 0 Å². The van der Waals surface area contributed by atoms with Gasteiger partial charge in [-0.1, -0.05) is 19.1 Å². The summed E-state index contributed by atoms with van der Waals surface area (Å²) in [6, 6.07) is 0. The van der Waals surface area contributed by atoms with Crippen molar-refractivity contribution in [2.75, 3.05) is 7.11 Å². The second-order valence-corrected chi connectivity index (χ2v) is 3.84. The van der Waals surface area contributed by atoms with Crippen LogP contribution in [0.3, 0.4) is 0 Å². The second-order valence-electron chi connectivity index (χ2n) is 2.58. The molecule has 1 heterocycles. The Morgan fingerprint density at radius 2 is 2.46 bits per heavy atom. The molecule has 1 unspecified atom stereocenters. The molecule has 0 saturated heterocycles. The van der Waals surface area contributed by atoms with Crippen LogP contribution in [-0.2, 0) is 4.74 Å². The molecule has 1 N–H and O–H groups in total. The Balaban J connectivity index is 3.02. The molecule has 1 atom stereocenters. The second kappa shape index (κ2) is 4.83. The number of aromatic amines is 1. The summed E-state index contributed by atoms with van der Waals surface area (Å²) in [4.78, 5) is 7.20. The SMILES string of the molecule is CCC(OC)c1ncc(Br)c(=S)[nH]1. The molecule has 1 rings (SSSR count). The predicted molar refractivity (Wildman–Crippen MR) is 57.2 cm³/mol. The molecule has 0 amide bonds. The van der Waals surface area contributed by atoms with Crippen LogP contribution >= 0.6 is 28.1 Å². The fraction of sp³-hybridized carbons (Fsp3) is 0.500. The van der Waals surface area contributed by atoms with Gasteiger partial charge in [0.2, 0.25) is 0 Å². The van der Waals surface area contributed by atoms with Gasteiger partial charge in [-0.05, 0) is 22.4 Å². The molecule has 0 aliphatic carbocycles. The van der Waals surface area contributed by atoms with E-state index in [1.54, 1.807) is 13.3 Å². The van der Waals surface area contributed by atoms with Crippen LogP contribution in [0.1, 0.15) is 25.3 Å². The van der Waals surface area contributed by atoms with E-state index in [1.807, 2.05) is 6.92 Å². The van der Waals surface area contributed by atoms with E-state index < -0.39 is 0 Å². The van der Waals surface area contributed by atoms with Crippen LogP contribution in [0.5, 0.6) is 0 Å². The summed E-state index contributed by atoms with van der Waals surface area (Å²) in [6.45, 7) is 2.04. The zero-order chi connectivity index (χ0) is 9.84. The fourth-order valence-electron chi connectivity index (χ4n) is 1.03. The first-order valence-electron chi connectivity index (χ1n) is 3.96. The summed E-state index contributed by atoms with van der Waals surface area (Å²) in [7, 11) is 1.66. The Labute approximate surface area is 90.7 Å². The van der Waals surface area contributed by atoms with Crippen LogP contribution in [0.25, 0.3) is 0 Å². The lowest BCUT2D eigenvalue weighted by Crippen LogP contribution is -2.05. The minimum absolute atomic E-state index is 0.00481. The van der Waals surface area contributed by atoms with Crippen LogP contribution in [0.15, 0.2) is 10.7 Å². The van der Waals surface area contributed by atoms with Gasteiger partial charge in [0.1, 0.15) is 16.6 Å². The highest BCUT2D eigenvalue weighted by Crippen LogP contribution is 2.17. The monoisotopic (exact) mass is 262 g/mol. The number of nitrogens with one attached hydrogen (secondary N) is 1. The molecule has 0 saturated carbocycles. The molecule has 5 heteroatoms. The molecular formula is C8H11BrN2OS. The molecule has 0 fully saturated rings. The van der Waals surface area contributed by atoms with Crippen LogP contribution in [0.4, 0.5) is 0 Å². The van der Waals surface area contributed by atoms with Crippen molar-refractivity contribution in [3.05, 3.63) is 21.1 Å². The van der Waals surface area contributed by atoms with Gasteiger partial charge in [0, 0.05) is 13.3 Å². The quantitative estimate of drug-likeness (QED) is 0.852. The van der Waals surface area contributed by atoms with E-state index in [-0.39, 0.29) is 6.10 Å². The van der Waals surface area contributed by atoms with Gasteiger partial charge in [0.25, 0.3) is 0 Å². The van der Waals surface area contributed by atoms with Crippen LogP contribution in [0.2, 0.25) is 0 Å². The van der Waals surface area contributed by atoms with Gasteiger partial charge in [-0.3, -0.25) is 0 Å². The molecule has 0 bridgehead atoms.